The van der Waals surface area contributed by atoms with E-state index in [1.807, 2.05) is 0 Å². The van der Waals surface area contributed by atoms with Gasteiger partial charge in [0.25, 0.3) is 0 Å². The molecule has 0 spiro atoms. The molecule has 0 N–H and O–H groups in total. The molecule has 1 heterocycles. The quantitative estimate of drug-likeness (QED) is 0.476. The van der Waals surface area contributed by atoms with Crippen molar-refractivity contribution in [1.29, 1.82) is 0 Å². The fourth-order valence-electron chi connectivity index (χ4n) is 4.48. The van der Waals surface area contributed by atoms with Gasteiger partial charge in [0.05, 0.1) is 8.09 Å². The topological polar surface area (TPSA) is 3.01 Å². The summed E-state index contributed by atoms with van der Waals surface area (Å²) in [5.41, 5.74) is 7.92. The fraction of sp³-hybridized carbons (Fsp3) is 0.360. The van der Waals surface area contributed by atoms with Crippen LogP contribution in [0.5, 0.6) is 0 Å². The van der Waals surface area contributed by atoms with Crippen molar-refractivity contribution in [3.05, 3.63) is 81.5 Å². The first-order valence-electron chi connectivity index (χ1n) is 10.7. The molecular formula is C25H29N. The van der Waals surface area contributed by atoms with Gasteiger partial charge in [0.1, 0.15) is 7.55 Å². The van der Waals surface area contributed by atoms with E-state index in [4.69, 9.17) is 2.74 Å². The molecule has 4 rings (SSSR count). The standard InChI is InChI=1S/C25H29N/c1-17-13-18(2)19(3)24(14-17)25-23-10-9-21(15-20-7-5-6-8-20)16-22(23)11-12-26(25)4/h9-14,16,20H,4-8,15H2,1-3H3/i11D,12D. The Morgan fingerprint density at radius 2 is 1.88 bits per heavy atom. The lowest BCUT2D eigenvalue weighted by molar-refractivity contribution is -0.418. The van der Waals surface area contributed by atoms with Gasteiger partial charge < -0.3 is 0 Å². The summed E-state index contributed by atoms with van der Waals surface area (Å²) in [6.07, 6.45) is 6.57. The molecule has 2 aromatic rings. The van der Waals surface area contributed by atoms with E-state index in [1.165, 1.54) is 47.9 Å². The van der Waals surface area contributed by atoms with E-state index >= 15 is 0 Å². The Labute approximate surface area is 160 Å². The number of nitrogens with zero attached hydrogens (tertiary/aromatic N) is 1. The second-order valence-electron chi connectivity index (χ2n) is 8.00. The Bertz CT molecular complexity index is 980. The second-order valence-corrected chi connectivity index (χ2v) is 8.00. The van der Waals surface area contributed by atoms with Crippen LogP contribution in [0.3, 0.4) is 0 Å². The van der Waals surface area contributed by atoms with Crippen molar-refractivity contribution in [2.45, 2.75) is 52.9 Å². The van der Waals surface area contributed by atoms with Crippen molar-refractivity contribution in [2.75, 3.05) is 0 Å². The van der Waals surface area contributed by atoms with Crippen LogP contribution >= 0.6 is 0 Å². The largest absolute Gasteiger partial charge is 0.243 e. The maximum Gasteiger partial charge on any atom is 0.159 e. The predicted molar refractivity (Wildman–Crippen MR) is 111 cm³/mol. The smallest absolute Gasteiger partial charge is 0.159 e. The maximum atomic E-state index is 8.56. The van der Waals surface area contributed by atoms with Crippen molar-refractivity contribution in [1.82, 2.24) is 0 Å². The summed E-state index contributed by atoms with van der Waals surface area (Å²) in [4.78, 5) is 0. The van der Waals surface area contributed by atoms with Crippen molar-refractivity contribution in [2.24, 2.45) is 5.92 Å². The molecule has 0 atom stereocenters. The minimum absolute atomic E-state index is 0.166. The van der Waals surface area contributed by atoms with Gasteiger partial charge in [-0.05, 0) is 43.4 Å². The molecule has 0 unspecified atom stereocenters. The minimum atomic E-state index is 0.166. The molecule has 26 heavy (non-hydrogen) atoms. The molecule has 2 aromatic carbocycles. The molecule has 1 aliphatic heterocycles. The lowest BCUT2D eigenvalue weighted by atomic mass is 9.85. The minimum Gasteiger partial charge on any atom is -0.243 e. The van der Waals surface area contributed by atoms with E-state index in [1.54, 1.807) is 4.58 Å². The lowest BCUT2D eigenvalue weighted by Gasteiger charge is -2.27. The van der Waals surface area contributed by atoms with Gasteiger partial charge in [0.2, 0.25) is 0 Å². The summed E-state index contributed by atoms with van der Waals surface area (Å²) >= 11 is 0. The van der Waals surface area contributed by atoms with Crippen LogP contribution in [-0.4, -0.2) is 11.3 Å². The summed E-state index contributed by atoms with van der Waals surface area (Å²) in [6, 6.07) is 12.1. The van der Waals surface area contributed by atoms with Gasteiger partial charge in [-0.15, -0.1) is 0 Å². The molecule has 0 aromatic heterocycles. The van der Waals surface area contributed by atoms with Crippen molar-refractivity contribution in [3.63, 3.8) is 0 Å². The average molecular weight is 346 g/mol. The molecule has 1 nitrogen and oxygen atoms in total. The van der Waals surface area contributed by atoms with Crippen LogP contribution in [0, 0.1) is 32.7 Å². The third kappa shape index (κ3) is 3.11. The van der Waals surface area contributed by atoms with Gasteiger partial charge in [-0.2, -0.15) is 0 Å². The van der Waals surface area contributed by atoms with Crippen LogP contribution in [0.1, 0.15) is 67.4 Å². The van der Waals surface area contributed by atoms with Crippen LogP contribution in [0.4, 0.5) is 0 Å². The number of rotatable bonds is 3. The Balaban J connectivity index is 1.82. The SMILES string of the molecule is [2H]C1=C([2H])[N+](=C)[C-](c2cc(C)cc(C)c2C)c2ccc(CC3CCCC3)cc21. The molecule has 1 saturated carbocycles. The molecular weight excluding hydrogens is 314 g/mol. The molecule has 1 aliphatic carbocycles. The summed E-state index contributed by atoms with van der Waals surface area (Å²) in [5.74, 6) is 0.768. The summed E-state index contributed by atoms with van der Waals surface area (Å²) in [6.45, 7) is 10.5. The predicted octanol–water partition coefficient (Wildman–Crippen LogP) is 5.97. The van der Waals surface area contributed by atoms with Gasteiger partial charge in [0, 0.05) is 0 Å². The number of hydrogen-bond donors (Lipinski definition) is 0. The fourth-order valence-corrected chi connectivity index (χ4v) is 4.48. The third-order valence-corrected chi connectivity index (χ3v) is 6.00. The number of hydrogen-bond acceptors (Lipinski definition) is 0. The van der Waals surface area contributed by atoms with Gasteiger partial charge in [-0.1, -0.05) is 90.8 Å². The van der Waals surface area contributed by atoms with E-state index in [2.05, 4.69) is 57.8 Å². The van der Waals surface area contributed by atoms with Gasteiger partial charge in [-0.3, -0.25) is 0 Å². The molecule has 2 aliphatic rings. The van der Waals surface area contributed by atoms with Gasteiger partial charge in [-0.25, -0.2) is 4.58 Å². The molecule has 0 amide bonds. The number of aryl methyl sites for hydroxylation is 2. The Hall–Kier alpha value is -2.28. The highest BCUT2D eigenvalue weighted by Gasteiger charge is 2.26. The molecule has 1 heteroatoms. The molecule has 0 radical (unpaired) electrons. The van der Waals surface area contributed by atoms with Crippen molar-refractivity contribution in [3.8, 4) is 0 Å². The summed E-state index contributed by atoms with van der Waals surface area (Å²) in [7, 11) is 0. The van der Waals surface area contributed by atoms with E-state index in [-0.39, 0.29) is 12.2 Å². The molecule has 134 valence electrons. The Morgan fingerprint density at radius 1 is 1.12 bits per heavy atom. The Morgan fingerprint density at radius 3 is 2.65 bits per heavy atom. The van der Waals surface area contributed by atoms with Gasteiger partial charge >= 0.3 is 0 Å². The molecule has 0 bridgehead atoms. The summed E-state index contributed by atoms with van der Waals surface area (Å²) < 4.78 is 18.7. The zero-order valence-electron chi connectivity index (χ0n) is 18.2. The first-order chi connectivity index (χ1) is 13.4. The van der Waals surface area contributed by atoms with Crippen LogP contribution in [0.15, 0.2) is 36.5 Å². The number of benzene rings is 2. The highest BCUT2D eigenvalue weighted by Crippen LogP contribution is 2.36. The Kier molecular flexibility index (Phi) is 3.88. The van der Waals surface area contributed by atoms with E-state index in [9.17, 15) is 0 Å². The van der Waals surface area contributed by atoms with Crippen LogP contribution in [0.2, 0.25) is 0 Å². The highest BCUT2D eigenvalue weighted by atomic mass is 15.0. The normalized spacial score (nSPS) is 18.9. The highest BCUT2D eigenvalue weighted by molar-refractivity contribution is 5.64. The third-order valence-electron chi connectivity index (χ3n) is 6.00. The van der Waals surface area contributed by atoms with E-state index < -0.39 is 0 Å². The van der Waals surface area contributed by atoms with Crippen LogP contribution in [0.25, 0.3) is 6.05 Å². The lowest BCUT2D eigenvalue weighted by Crippen LogP contribution is -2.20. The zero-order chi connectivity index (χ0) is 20.0. The first kappa shape index (κ1) is 14.8. The van der Waals surface area contributed by atoms with Crippen LogP contribution in [-0.2, 0) is 6.42 Å². The maximum absolute atomic E-state index is 8.56. The van der Waals surface area contributed by atoms with Crippen molar-refractivity contribution < 1.29 is 7.32 Å². The van der Waals surface area contributed by atoms with Crippen molar-refractivity contribution >= 4 is 12.8 Å². The first-order valence-corrected chi connectivity index (χ1v) is 9.73. The second kappa shape index (κ2) is 6.79. The molecule has 1 fully saturated rings. The summed E-state index contributed by atoms with van der Waals surface area (Å²) in [5, 5.41) is 0. The van der Waals surface area contributed by atoms with E-state index in [0.29, 0.717) is 0 Å². The monoisotopic (exact) mass is 345 g/mol. The number of fused-ring (bicyclic) bond motifs is 1. The zero-order valence-corrected chi connectivity index (χ0v) is 16.2. The average Bonchev–Trinajstić information content (AvgIpc) is 3.17. The molecule has 0 saturated heterocycles. The van der Waals surface area contributed by atoms with E-state index in [0.717, 1.165) is 35.1 Å². The van der Waals surface area contributed by atoms with Crippen LogP contribution < -0.4 is 0 Å². The van der Waals surface area contributed by atoms with Gasteiger partial charge in [0.15, 0.2) is 6.04 Å².